The van der Waals surface area contributed by atoms with Gasteiger partial charge in [0.1, 0.15) is 0 Å². The number of carboxylic acids is 1. The molecule has 1 aliphatic rings. The van der Waals surface area contributed by atoms with E-state index in [0.29, 0.717) is 6.04 Å². The zero-order chi connectivity index (χ0) is 14.3. The molecule has 1 aromatic heterocycles. The molecule has 106 valence electrons. The van der Waals surface area contributed by atoms with Gasteiger partial charge >= 0.3 is 5.97 Å². The molecular formula is C17H21NO2. The van der Waals surface area contributed by atoms with E-state index in [1.54, 1.807) is 13.8 Å². The molecule has 1 saturated carbocycles. The second kappa shape index (κ2) is 4.65. The highest BCUT2D eigenvalue weighted by Crippen LogP contribution is 2.38. The van der Waals surface area contributed by atoms with E-state index < -0.39 is 11.4 Å². The molecule has 0 bridgehead atoms. The maximum Gasteiger partial charge on any atom is 0.313 e. The van der Waals surface area contributed by atoms with Crippen LogP contribution in [0.2, 0.25) is 0 Å². The zero-order valence-corrected chi connectivity index (χ0v) is 12.1. The second-order valence-electron chi connectivity index (χ2n) is 6.34. The van der Waals surface area contributed by atoms with Crippen molar-refractivity contribution >= 4 is 16.9 Å². The van der Waals surface area contributed by atoms with Crippen LogP contribution >= 0.6 is 0 Å². The first-order valence-corrected chi connectivity index (χ1v) is 7.35. The van der Waals surface area contributed by atoms with Gasteiger partial charge in [0.25, 0.3) is 0 Å². The Balaban J connectivity index is 2.21. The summed E-state index contributed by atoms with van der Waals surface area (Å²) in [6.45, 7) is 3.58. The van der Waals surface area contributed by atoms with Crippen LogP contribution in [-0.2, 0) is 10.2 Å². The number of hydrogen-bond donors (Lipinski definition) is 1. The van der Waals surface area contributed by atoms with Crippen molar-refractivity contribution in [3.63, 3.8) is 0 Å². The quantitative estimate of drug-likeness (QED) is 0.912. The van der Waals surface area contributed by atoms with Gasteiger partial charge in [-0.3, -0.25) is 4.79 Å². The van der Waals surface area contributed by atoms with E-state index in [1.807, 2.05) is 18.2 Å². The predicted molar refractivity (Wildman–Crippen MR) is 80.1 cm³/mol. The van der Waals surface area contributed by atoms with Crippen LogP contribution in [0.15, 0.2) is 30.5 Å². The lowest BCUT2D eigenvalue weighted by Crippen LogP contribution is -2.28. The summed E-state index contributed by atoms with van der Waals surface area (Å²) in [5, 5.41) is 10.6. The lowest BCUT2D eigenvalue weighted by Gasteiger charge is -2.18. The minimum Gasteiger partial charge on any atom is -0.481 e. The normalized spacial score (nSPS) is 16.9. The van der Waals surface area contributed by atoms with Crippen molar-refractivity contribution in [3.8, 4) is 0 Å². The number of fused-ring (bicyclic) bond motifs is 1. The third kappa shape index (κ3) is 1.92. The van der Waals surface area contributed by atoms with Gasteiger partial charge in [-0.2, -0.15) is 0 Å². The summed E-state index contributed by atoms with van der Waals surface area (Å²) in [4.78, 5) is 11.6. The van der Waals surface area contributed by atoms with E-state index in [4.69, 9.17) is 0 Å². The Morgan fingerprint density at radius 1 is 1.25 bits per heavy atom. The predicted octanol–water partition coefficient (Wildman–Crippen LogP) is 4.12. The van der Waals surface area contributed by atoms with Crippen LogP contribution in [0.5, 0.6) is 0 Å². The summed E-state index contributed by atoms with van der Waals surface area (Å²) in [6.07, 6.45) is 7.02. The van der Waals surface area contributed by atoms with Crippen molar-refractivity contribution in [2.45, 2.75) is 51.0 Å². The maximum absolute atomic E-state index is 11.6. The van der Waals surface area contributed by atoms with Crippen LogP contribution in [0.25, 0.3) is 10.9 Å². The third-order valence-corrected chi connectivity index (χ3v) is 4.67. The van der Waals surface area contributed by atoms with Crippen molar-refractivity contribution in [1.82, 2.24) is 4.57 Å². The molecule has 3 rings (SSSR count). The first-order valence-electron chi connectivity index (χ1n) is 7.35. The molecule has 0 radical (unpaired) electrons. The van der Waals surface area contributed by atoms with Crippen molar-refractivity contribution in [3.05, 3.63) is 36.0 Å². The number of carbonyl (C=O) groups is 1. The van der Waals surface area contributed by atoms with Gasteiger partial charge in [0, 0.05) is 23.1 Å². The van der Waals surface area contributed by atoms with E-state index in [0.717, 1.165) is 10.9 Å². The van der Waals surface area contributed by atoms with Crippen LogP contribution in [-0.4, -0.2) is 15.6 Å². The number of aliphatic carboxylic acids is 1. The summed E-state index contributed by atoms with van der Waals surface area (Å²) in [7, 11) is 0. The maximum atomic E-state index is 11.6. The third-order valence-electron chi connectivity index (χ3n) is 4.67. The van der Waals surface area contributed by atoms with Crippen molar-refractivity contribution in [1.29, 1.82) is 0 Å². The number of para-hydroxylation sites is 1. The van der Waals surface area contributed by atoms with Gasteiger partial charge in [0.15, 0.2) is 0 Å². The largest absolute Gasteiger partial charge is 0.481 e. The molecule has 1 aliphatic carbocycles. The lowest BCUT2D eigenvalue weighted by atomic mass is 9.85. The average Bonchev–Trinajstić information content (AvgIpc) is 3.05. The molecule has 1 heterocycles. The Morgan fingerprint density at radius 2 is 1.90 bits per heavy atom. The van der Waals surface area contributed by atoms with E-state index in [-0.39, 0.29) is 0 Å². The van der Waals surface area contributed by atoms with Gasteiger partial charge in [0.2, 0.25) is 0 Å². The number of benzene rings is 1. The number of nitrogens with zero attached hydrogens (tertiary/aromatic N) is 1. The minimum absolute atomic E-state index is 0.526. The fourth-order valence-electron chi connectivity index (χ4n) is 3.30. The first-order chi connectivity index (χ1) is 9.51. The number of carboxylic acid groups (broad SMARTS) is 1. The molecule has 0 spiro atoms. The van der Waals surface area contributed by atoms with Gasteiger partial charge in [-0.25, -0.2) is 0 Å². The summed E-state index contributed by atoms with van der Waals surface area (Å²) < 4.78 is 2.31. The van der Waals surface area contributed by atoms with Crippen LogP contribution in [0.4, 0.5) is 0 Å². The van der Waals surface area contributed by atoms with Crippen molar-refractivity contribution < 1.29 is 9.90 Å². The molecule has 3 heteroatoms. The second-order valence-corrected chi connectivity index (χ2v) is 6.34. The van der Waals surface area contributed by atoms with E-state index >= 15 is 0 Å². The molecule has 20 heavy (non-hydrogen) atoms. The summed E-state index contributed by atoms with van der Waals surface area (Å²) in [5.74, 6) is -0.771. The summed E-state index contributed by atoms with van der Waals surface area (Å²) >= 11 is 0. The van der Waals surface area contributed by atoms with E-state index in [9.17, 15) is 9.90 Å². The highest BCUT2D eigenvalue weighted by molar-refractivity contribution is 5.92. The van der Waals surface area contributed by atoms with E-state index in [2.05, 4.69) is 16.8 Å². The molecule has 0 unspecified atom stereocenters. The molecule has 1 aromatic carbocycles. The zero-order valence-electron chi connectivity index (χ0n) is 12.1. The lowest BCUT2D eigenvalue weighted by molar-refractivity contribution is -0.142. The van der Waals surface area contributed by atoms with E-state index in [1.165, 1.54) is 31.2 Å². The Morgan fingerprint density at radius 3 is 2.55 bits per heavy atom. The molecule has 2 aromatic rings. The van der Waals surface area contributed by atoms with Gasteiger partial charge in [-0.05, 0) is 38.3 Å². The molecule has 1 N–H and O–H groups in total. The van der Waals surface area contributed by atoms with Gasteiger partial charge < -0.3 is 9.67 Å². The highest BCUT2D eigenvalue weighted by atomic mass is 16.4. The summed E-state index contributed by atoms with van der Waals surface area (Å²) in [6, 6.07) is 8.70. The van der Waals surface area contributed by atoms with Gasteiger partial charge in [0.05, 0.1) is 5.41 Å². The molecule has 0 aliphatic heterocycles. The van der Waals surface area contributed by atoms with Crippen LogP contribution < -0.4 is 0 Å². The van der Waals surface area contributed by atoms with Gasteiger partial charge in [-0.15, -0.1) is 0 Å². The van der Waals surface area contributed by atoms with Crippen molar-refractivity contribution in [2.75, 3.05) is 0 Å². The molecule has 3 nitrogen and oxygen atoms in total. The highest BCUT2D eigenvalue weighted by Gasteiger charge is 2.33. The molecular weight excluding hydrogens is 250 g/mol. The van der Waals surface area contributed by atoms with Crippen LogP contribution in [0.1, 0.15) is 51.1 Å². The Bertz CT molecular complexity index is 648. The molecule has 0 atom stereocenters. The fourth-order valence-corrected chi connectivity index (χ4v) is 3.30. The van der Waals surface area contributed by atoms with Crippen LogP contribution in [0.3, 0.4) is 0 Å². The minimum atomic E-state index is -0.858. The van der Waals surface area contributed by atoms with Crippen molar-refractivity contribution in [2.24, 2.45) is 0 Å². The number of hydrogen-bond acceptors (Lipinski definition) is 1. The number of aromatic nitrogens is 1. The topological polar surface area (TPSA) is 42.2 Å². The number of rotatable bonds is 3. The SMILES string of the molecule is CC(C)(C(=O)O)c1cn(C2CCCC2)c2ccccc12. The monoisotopic (exact) mass is 271 g/mol. The fraction of sp³-hybridized carbons (Fsp3) is 0.471. The average molecular weight is 271 g/mol. The molecule has 1 fully saturated rings. The standard InChI is InChI=1S/C17H21NO2/c1-17(2,16(19)20)14-11-18(12-7-3-4-8-12)15-10-6-5-9-13(14)15/h5-6,9-12H,3-4,7-8H2,1-2H3,(H,19,20). The van der Waals surface area contributed by atoms with Gasteiger partial charge in [-0.1, -0.05) is 31.0 Å². The first kappa shape index (κ1) is 13.2. The Kier molecular flexibility index (Phi) is 3.08. The Labute approximate surface area is 119 Å². The summed E-state index contributed by atoms with van der Waals surface area (Å²) in [5.41, 5.74) is 1.24. The smallest absolute Gasteiger partial charge is 0.313 e. The molecule has 0 amide bonds. The van der Waals surface area contributed by atoms with Crippen LogP contribution in [0, 0.1) is 0 Å². The Hall–Kier alpha value is -1.77. The molecule has 0 saturated heterocycles.